The van der Waals surface area contributed by atoms with Gasteiger partial charge in [0.1, 0.15) is 0 Å². The van der Waals surface area contributed by atoms with Gasteiger partial charge in [-0.2, -0.15) is 0 Å². The quantitative estimate of drug-likeness (QED) is 0.572. The Morgan fingerprint density at radius 1 is 1.00 bits per heavy atom. The summed E-state index contributed by atoms with van der Waals surface area (Å²) in [5.41, 5.74) is 1.32. The van der Waals surface area contributed by atoms with Crippen LogP contribution in [0, 0.1) is 6.92 Å². The van der Waals surface area contributed by atoms with Gasteiger partial charge in [0.25, 0.3) is 0 Å². The van der Waals surface area contributed by atoms with E-state index in [9.17, 15) is 0 Å². The zero-order chi connectivity index (χ0) is 11.7. The van der Waals surface area contributed by atoms with Crippen LogP contribution in [-0.4, -0.2) is 0 Å². The lowest BCUT2D eigenvalue weighted by Gasteiger charge is -1.90. The summed E-state index contributed by atoms with van der Waals surface area (Å²) in [6.45, 7) is 2.14. The van der Waals surface area contributed by atoms with E-state index in [0.717, 1.165) is 0 Å². The molecule has 0 atom stereocenters. The molecule has 84 valence electrons. The number of aryl methyl sites for hydroxylation is 1. The van der Waals surface area contributed by atoms with Crippen LogP contribution in [0.5, 0.6) is 0 Å². The molecule has 0 radical (unpaired) electrons. The Balaban J connectivity index is 1.97. The predicted molar refractivity (Wildman–Crippen MR) is 79.8 cm³/mol. The highest BCUT2D eigenvalue weighted by Gasteiger charge is 1.99. The Bertz CT molecular complexity index is 671. The molecule has 2 heteroatoms. The van der Waals surface area contributed by atoms with Gasteiger partial charge in [0.2, 0.25) is 0 Å². The minimum atomic E-state index is 1.32. The third-order valence-corrected chi connectivity index (χ3v) is 4.65. The van der Waals surface area contributed by atoms with Gasteiger partial charge >= 0.3 is 0 Å². The summed E-state index contributed by atoms with van der Waals surface area (Å²) < 4.78 is 1.36. The summed E-state index contributed by atoms with van der Waals surface area (Å²) in [4.78, 5) is 2.68. The normalized spacial score (nSPS) is 11.6. The van der Waals surface area contributed by atoms with E-state index >= 15 is 0 Å². The topological polar surface area (TPSA) is 0 Å². The second kappa shape index (κ2) is 4.47. The molecule has 0 aliphatic heterocycles. The molecular formula is C15H12S2. The van der Waals surface area contributed by atoms with Crippen molar-refractivity contribution in [2.24, 2.45) is 0 Å². The van der Waals surface area contributed by atoms with Gasteiger partial charge in [0, 0.05) is 14.5 Å². The third-order valence-electron chi connectivity index (χ3n) is 2.70. The van der Waals surface area contributed by atoms with Gasteiger partial charge in [0.15, 0.2) is 0 Å². The van der Waals surface area contributed by atoms with Crippen LogP contribution >= 0.6 is 22.7 Å². The summed E-state index contributed by atoms with van der Waals surface area (Å²) in [7, 11) is 0. The number of fused-ring (bicyclic) bond motifs is 1. The zero-order valence-corrected chi connectivity index (χ0v) is 11.1. The van der Waals surface area contributed by atoms with Crippen molar-refractivity contribution in [1.29, 1.82) is 0 Å². The molecule has 0 aliphatic rings. The average molecular weight is 256 g/mol. The van der Waals surface area contributed by atoms with Crippen molar-refractivity contribution in [2.75, 3.05) is 0 Å². The van der Waals surface area contributed by atoms with E-state index in [0.29, 0.717) is 0 Å². The van der Waals surface area contributed by atoms with E-state index in [4.69, 9.17) is 0 Å². The van der Waals surface area contributed by atoms with Crippen LogP contribution in [0.15, 0.2) is 41.8 Å². The van der Waals surface area contributed by atoms with Gasteiger partial charge in [-0.15, -0.1) is 22.7 Å². The van der Waals surface area contributed by atoms with Crippen molar-refractivity contribution in [2.45, 2.75) is 6.92 Å². The molecule has 0 spiro atoms. The lowest BCUT2D eigenvalue weighted by atomic mass is 10.1. The Morgan fingerprint density at radius 3 is 2.71 bits per heavy atom. The van der Waals surface area contributed by atoms with Crippen LogP contribution in [0.1, 0.15) is 15.3 Å². The smallest absolute Gasteiger partial charge is 0.0348 e. The Hall–Kier alpha value is -1.38. The zero-order valence-electron chi connectivity index (χ0n) is 9.51. The Kier molecular flexibility index (Phi) is 2.83. The highest BCUT2D eigenvalue weighted by molar-refractivity contribution is 7.17. The molecule has 0 saturated heterocycles. The van der Waals surface area contributed by atoms with Crippen molar-refractivity contribution in [3.8, 4) is 0 Å². The van der Waals surface area contributed by atoms with Crippen molar-refractivity contribution in [1.82, 2.24) is 0 Å². The molecule has 0 amide bonds. The fourth-order valence-corrected chi connectivity index (χ4v) is 3.55. The van der Waals surface area contributed by atoms with E-state index in [1.54, 1.807) is 11.3 Å². The highest BCUT2D eigenvalue weighted by Crippen LogP contribution is 2.27. The van der Waals surface area contributed by atoms with Crippen molar-refractivity contribution < 1.29 is 0 Å². The Labute approximate surface area is 109 Å². The molecule has 0 N–H and O–H groups in total. The standard InChI is InChI=1S/C15H12S2/c1-11-6-8-13(17-11)9-7-12-10-16-15-5-3-2-4-14(12)15/h2-10H,1H3/b9-7+. The summed E-state index contributed by atoms with van der Waals surface area (Å²) in [5.74, 6) is 0. The second-order valence-electron chi connectivity index (χ2n) is 3.97. The lowest BCUT2D eigenvalue weighted by molar-refractivity contribution is 1.64. The molecule has 2 heterocycles. The van der Waals surface area contributed by atoms with Crippen LogP contribution in [0.25, 0.3) is 22.2 Å². The van der Waals surface area contributed by atoms with Crippen LogP contribution in [0.2, 0.25) is 0 Å². The molecule has 2 aromatic heterocycles. The second-order valence-corrected chi connectivity index (χ2v) is 6.20. The first-order valence-corrected chi connectivity index (χ1v) is 7.23. The van der Waals surface area contributed by atoms with Gasteiger partial charge in [-0.1, -0.05) is 24.3 Å². The molecule has 3 aromatic rings. The van der Waals surface area contributed by atoms with E-state index < -0.39 is 0 Å². The van der Waals surface area contributed by atoms with E-state index in [1.165, 1.54) is 25.4 Å². The maximum Gasteiger partial charge on any atom is 0.0348 e. The van der Waals surface area contributed by atoms with Gasteiger partial charge in [-0.25, -0.2) is 0 Å². The van der Waals surface area contributed by atoms with Crippen molar-refractivity contribution in [3.63, 3.8) is 0 Å². The summed E-state index contributed by atoms with van der Waals surface area (Å²) >= 11 is 3.64. The summed E-state index contributed by atoms with van der Waals surface area (Å²) in [5, 5.41) is 3.57. The van der Waals surface area contributed by atoms with E-state index in [1.807, 2.05) is 11.3 Å². The monoisotopic (exact) mass is 256 g/mol. The van der Waals surface area contributed by atoms with Crippen LogP contribution < -0.4 is 0 Å². The highest BCUT2D eigenvalue weighted by atomic mass is 32.1. The fourth-order valence-electron chi connectivity index (χ4n) is 1.84. The first kappa shape index (κ1) is 10.8. The van der Waals surface area contributed by atoms with Gasteiger partial charge in [0.05, 0.1) is 0 Å². The van der Waals surface area contributed by atoms with Gasteiger partial charge < -0.3 is 0 Å². The molecule has 1 aromatic carbocycles. The van der Waals surface area contributed by atoms with Crippen LogP contribution in [0.4, 0.5) is 0 Å². The number of rotatable bonds is 2. The molecule has 0 bridgehead atoms. The lowest BCUT2D eigenvalue weighted by Crippen LogP contribution is -1.66. The molecule has 0 saturated carbocycles. The molecule has 0 aliphatic carbocycles. The summed E-state index contributed by atoms with van der Waals surface area (Å²) in [6, 6.07) is 12.9. The average Bonchev–Trinajstić information content (AvgIpc) is 2.93. The minimum Gasteiger partial charge on any atom is -0.143 e. The van der Waals surface area contributed by atoms with E-state index in [-0.39, 0.29) is 0 Å². The van der Waals surface area contributed by atoms with Crippen LogP contribution in [-0.2, 0) is 0 Å². The van der Waals surface area contributed by atoms with Crippen LogP contribution in [0.3, 0.4) is 0 Å². The minimum absolute atomic E-state index is 1.32. The maximum absolute atomic E-state index is 2.22. The molecular weight excluding hydrogens is 244 g/mol. The number of hydrogen-bond acceptors (Lipinski definition) is 2. The number of thiophene rings is 2. The maximum atomic E-state index is 2.22. The van der Waals surface area contributed by atoms with E-state index in [2.05, 4.69) is 60.9 Å². The predicted octanol–water partition coefficient (Wildman–Crippen LogP) is 5.44. The molecule has 17 heavy (non-hydrogen) atoms. The Morgan fingerprint density at radius 2 is 1.88 bits per heavy atom. The molecule has 0 fully saturated rings. The number of hydrogen-bond donors (Lipinski definition) is 0. The van der Waals surface area contributed by atoms with Crippen molar-refractivity contribution in [3.05, 3.63) is 57.1 Å². The van der Waals surface area contributed by atoms with Gasteiger partial charge in [-0.05, 0) is 47.5 Å². The molecule has 0 unspecified atom stereocenters. The fraction of sp³-hybridized carbons (Fsp3) is 0.0667. The largest absolute Gasteiger partial charge is 0.143 e. The summed E-state index contributed by atoms with van der Waals surface area (Å²) in [6.07, 6.45) is 4.41. The SMILES string of the molecule is Cc1ccc(/C=C/c2csc3ccccc23)s1. The molecule has 0 nitrogen and oxygen atoms in total. The van der Waals surface area contributed by atoms with Gasteiger partial charge in [-0.3, -0.25) is 0 Å². The first-order chi connectivity index (χ1) is 8.33. The first-order valence-electron chi connectivity index (χ1n) is 5.54. The van der Waals surface area contributed by atoms with Crippen molar-refractivity contribution >= 4 is 44.9 Å². The number of benzene rings is 1. The third kappa shape index (κ3) is 2.19. The molecule has 3 rings (SSSR count).